The molecule has 1 N–H and O–H groups in total. The van der Waals surface area contributed by atoms with Crippen molar-refractivity contribution in [2.75, 3.05) is 20.1 Å². The second-order valence-corrected chi connectivity index (χ2v) is 5.95. The summed E-state index contributed by atoms with van der Waals surface area (Å²) >= 11 is 0. The summed E-state index contributed by atoms with van der Waals surface area (Å²) in [6.07, 6.45) is 4.58. The second-order valence-electron chi connectivity index (χ2n) is 5.95. The van der Waals surface area contributed by atoms with Gasteiger partial charge in [-0.1, -0.05) is 19.0 Å². The van der Waals surface area contributed by atoms with Gasteiger partial charge in [0.25, 0.3) is 0 Å². The molecule has 1 aromatic heterocycles. The van der Waals surface area contributed by atoms with Gasteiger partial charge in [-0.2, -0.15) is 4.98 Å². The Kier molecular flexibility index (Phi) is 5.34. The molecular formula is C14H26N4O. The van der Waals surface area contributed by atoms with Crippen molar-refractivity contribution in [3.63, 3.8) is 0 Å². The third-order valence-electron chi connectivity index (χ3n) is 3.65. The van der Waals surface area contributed by atoms with Crippen molar-refractivity contribution < 1.29 is 4.52 Å². The molecule has 2 heterocycles. The van der Waals surface area contributed by atoms with Crippen LogP contribution in [0.25, 0.3) is 0 Å². The normalized spacial score (nSPS) is 21.0. The molecular weight excluding hydrogens is 240 g/mol. The number of rotatable bonds is 5. The van der Waals surface area contributed by atoms with E-state index in [1.54, 1.807) is 0 Å². The van der Waals surface area contributed by atoms with E-state index in [4.69, 9.17) is 4.52 Å². The third kappa shape index (κ3) is 4.58. The van der Waals surface area contributed by atoms with Crippen molar-refractivity contribution >= 4 is 0 Å². The van der Waals surface area contributed by atoms with Crippen LogP contribution < -0.4 is 5.32 Å². The summed E-state index contributed by atoms with van der Waals surface area (Å²) in [5, 5.41) is 7.49. The lowest BCUT2D eigenvalue weighted by atomic mass is 10.1. The molecule has 0 saturated carbocycles. The molecule has 0 amide bonds. The Labute approximate surface area is 115 Å². The van der Waals surface area contributed by atoms with Crippen LogP contribution in [0.5, 0.6) is 0 Å². The van der Waals surface area contributed by atoms with Gasteiger partial charge in [0.1, 0.15) is 0 Å². The summed E-state index contributed by atoms with van der Waals surface area (Å²) in [5.41, 5.74) is 0. The van der Waals surface area contributed by atoms with E-state index in [0.717, 1.165) is 37.8 Å². The largest absolute Gasteiger partial charge is 0.338 e. The summed E-state index contributed by atoms with van der Waals surface area (Å²) in [5.74, 6) is 2.15. The molecule has 108 valence electrons. The summed E-state index contributed by atoms with van der Waals surface area (Å²) in [6, 6.07) is 0.621. The van der Waals surface area contributed by atoms with E-state index < -0.39 is 0 Å². The highest BCUT2D eigenvalue weighted by Gasteiger charge is 2.19. The average Bonchev–Trinajstić information content (AvgIpc) is 2.64. The average molecular weight is 266 g/mol. The van der Waals surface area contributed by atoms with Crippen molar-refractivity contribution in [1.82, 2.24) is 20.4 Å². The Morgan fingerprint density at radius 1 is 1.37 bits per heavy atom. The molecule has 1 aromatic rings. The molecule has 1 atom stereocenters. The molecule has 0 spiro atoms. The van der Waals surface area contributed by atoms with E-state index in [1.165, 1.54) is 19.3 Å². The standard InChI is InChI=1S/C14H26N4O/c1-11(2)9-13-16-14(19-17-13)10-18(3)12-5-4-7-15-8-6-12/h11-12,15H,4-10H2,1-3H3. The Morgan fingerprint density at radius 3 is 3.00 bits per heavy atom. The lowest BCUT2D eigenvalue weighted by Crippen LogP contribution is -2.32. The highest BCUT2D eigenvalue weighted by Crippen LogP contribution is 2.14. The lowest BCUT2D eigenvalue weighted by Gasteiger charge is -2.25. The molecule has 19 heavy (non-hydrogen) atoms. The van der Waals surface area contributed by atoms with Crippen molar-refractivity contribution in [3.05, 3.63) is 11.7 Å². The highest BCUT2D eigenvalue weighted by atomic mass is 16.5. The maximum absolute atomic E-state index is 5.34. The van der Waals surface area contributed by atoms with E-state index >= 15 is 0 Å². The van der Waals surface area contributed by atoms with Crippen LogP contribution in [0.1, 0.15) is 44.8 Å². The molecule has 1 saturated heterocycles. The molecule has 5 nitrogen and oxygen atoms in total. The Balaban J connectivity index is 1.86. The topological polar surface area (TPSA) is 54.2 Å². The van der Waals surface area contributed by atoms with Crippen molar-refractivity contribution in [2.24, 2.45) is 5.92 Å². The molecule has 1 aliphatic rings. The van der Waals surface area contributed by atoms with E-state index in [1.807, 2.05) is 0 Å². The summed E-state index contributed by atoms with van der Waals surface area (Å²) in [7, 11) is 2.16. The van der Waals surface area contributed by atoms with E-state index in [-0.39, 0.29) is 0 Å². The monoisotopic (exact) mass is 266 g/mol. The van der Waals surface area contributed by atoms with E-state index in [9.17, 15) is 0 Å². The van der Waals surface area contributed by atoms with Gasteiger partial charge in [0, 0.05) is 12.5 Å². The third-order valence-corrected chi connectivity index (χ3v) is 3.65. The fraction of sp³-hybridized carbons (Fsp3) is 0.857. The molecule has 0 aliphatic carbocycles. The molecule has 0 aromatic carbocycles. The minimum atomic E-state index is 0.566. The minimum absolute atomic E-state index is 0.566. The van der Waals surface area contributed by atoms with Crippen molar-refractivity contribution in [2.45, 2.75) is 52.1 Å². The van der Waals surface area contributed by atoms with Gasteiger partial charge in [0.15, 0.2) is 5.82 Å². The first-order valence-electron chi connectivity index (χ1n) is 7.37. The number of hydrogen-bond acceptors (Lipinski definition) is 5. The fourth-order valence-corrected chi connectivity index (χ4v) is 2.59. The van der Waals surface area contributed by atoms with E-state index in [2.05, 4.69) is 41.3 Å². The van der Waals surface area contributed by atoms with Gasteiger partial charge in [0.2, 0.25) is 5.89 Å². The Hall–Kier alpha value is -0.940. The van der Waals surface area contributed by atoms with Gasteiger partial charge in [-0.05, 0) is 45.3 Å². The van der Waals surface area contributed by atoms with E-state index in [0.29, 0.717) is 12.0 Å². The van der Waals surface area contributed by atoms with Crippen molar-refractivity contribution in [1.29, 1.82) is 0 Å². The number of aromatic nitrogens is 2. The molecule has 2 rings (SSSR count). The number of nitrogens with one attached hydrogen (secondary N) is 1. The molecule has 1 fully saturated rings. The van der Waals surface area contributed by atoms with Gasteiger partial charge in [-0.3, -0.25) is 4.90 Å². The zero-order valence-electron chi connectivity index (χ0n) is 12.4. The van der Waals surface area contributed by atoms with Gasteiger partial charge in [-0.25, -0.2) is 0 Å². The second kappa shape index (κ2) is 7.01. The number of nitrogens with zero attached hydrogens (tertiary/aromatic N) is 3. The van der Waals surface area contributed by atoms with Gasteiger partial charge in [0.05, 0.1) is 6.54 Å². The predicted octanol–water partition coefficient (Wildman–Crippen LogP) is 1.84. The lowest BCUT2D eigenvalue weighted by molar-refractivity contribution is 0.190. The highest BCUT2D eigenvalue weighted by molar-refractivity contribution is 4.88. The quantitative estimate of drug-likeness (QED) is 0.881. The smallest absolute Gasteiger partial charge is 0.240 e. The van der Waals surface area contributed by atoms with Crippen LogP contribution in [0.4, 0.5) is 0 Å². The summed E-state index contributed by atoms with van der Waals surface area (Å²) in [6.45, 7) is 7.35. The Morgan fingerprint density at radius 2 is 2.21 bits per heavy atom. The van der Waals surface area contributed by atoms with Crippen LogP contribution in [0.3, 0.4) is 0 Å². The molecule has 0 bridgehead atoms. The molecule has 0 radical (unpaired) electrons. The van der Waals surface area contributed by atoms with Gasteiger partial charge >= 0.3 is 0 Å². The van der Waals surface area contributed by atoms with Crippen LogP contribution in [0.15, 0.2) is 4.52 Å². The maximum atomic E-state index is 5.34. The summed E-state index contributed by atoms with van der Waals surface area (Å²) in [4.78, 5) is 6.82. The first-order valence-corrected chi connectivity index (χ1v) is 7.37. The first-order chi connectivity index (χ1) is 9.15. The molecule has 1 aliphatic heterocycles. The number of hydrogen-bond donors (Lipinski definition) is 1. The van der Waals surface area contributed by atoms with Crippen LogP contribution in [-0.2, 0) is 13.0 Å². The van der Waals surface area contributed by atoms with Crippen LogP contribution >= 0.6 is 0 Å². The fourth-order valence-electron chi connectivity index (χ4n) is 2.59. The Bertz CT molecular complexity index is 369. The van der Waals surface area contributed by atoms with Crippen LogP contribution in [0, 0.1) is 5.92 Å². The zero-order valence-corrected chi connectivity index (χ0v) is 12.4. The van der Waals surface area contributed by atoms with Gasteiger partial charge < -0.3 is 9.84 Å². The van der Waals surface area contributed by atoms with Gasteiger partial charge in [-0.15, -0.1) is 0 Å². The van der Waals surface area contributed by atoms with Crippen LogP contribution in [-0.4, -0.2) is 41.2 Å². The minimum Gasteiger partial charge on any atom is -0.338 e. The molecule has 5 heteroatoms. The first kappa shape index (κ1) is 14.5. The zero-order chi connectivity index (χ0) is 13.7. The van der Waals surface area contributed by atoms with Crippen molar-refractivity contribution in [3.8, 4) is 0 Å². The van der Waals surface area contributed by atoms with Crippen LogP contribution in [0.2, 0.25) is 0 Å². The SMILES string of the molecule is CC(C)Cc1noc(CN(C)C2CCCNCC2)n1. The predicted molar refractivity (Wildman–Crippen MR) is 74.8 cm³/mol. The maximum Gasteiger partial charge on any atom is 0.240 e. The molecule has 1 unspecified atom stereocenters. The summed E-state index contributed by atoms with van der Waals surface area (Å²) < 4.78 is 5.34.